The van der Waals surface area contributed by atoms with E-state index >= 15 is 0 Å². The number of allylic oxidation sites excluding steroid dienone is 1. The van der Waals surface area contributed by atoms with Gasteiger partial charge in [0.2, 0.25) is 0 Å². The lowest BCUT2D eigenvalue weighted by Crippen LogP contribution is -1.98. The SMILES string of the molecule is C=C(C)Nc1cccc(Cl)c1CC. The van der Waals surface area contributed by atoms with Gasteiger partial charge in [-0.3, -0.25) is 0 Å². The van der Waals surface area contributed by atoms with Gasteiger partial charge in [-0.1, -0.05) is 31.2 Å². The molecule has 0 aliphatic heterocycles. The standard InChI is InChI=1S/C11H14ClN/c1-4-9-10(12)6-5-7-11(9)13-8(2)3/h5-7,13H,2,4H2,1,3H3. The van der Waals surface area contributed by atoms with E-state index in [9.17, 15) is 0 Å². The molecule has 0 aliphatic rings. The van der Waals surface area contributed by atoms with Crippen molar-refractivity contribution in [2.75, 3.05) is 5.32 Å². The highest BCUT2D eigenvalue weighted by Gasteiger charge is 2.03. The van der Waals surface area contributed by atoms with Crippen LogP contribution in [0.3, 0.4) is 0 Å². The molecule has 70 valence electrons. The Morgan fingerprint density at radius 3 is 2.77 bits per heavy atom. The molecule has 0 spiro atoms. The first kappa shape index (κ1) is 10.1. The molecule has 0 radical (unpaired) electrons. The molecule has 0 bridgehead atoms. The molecule has 0 atom stereocenters. The van der Waals surface area contributed by atoms with E-state index in [1.54, 1.807) is 0 Å². The first-order chi connectivity index (χ1) is 6.15. The predicted molar refractivity (Wildman–Crippen MR) is 59.3 cm³/mol. The van der Waals surface area contributed by atoms with E-state index in [-0.39, 0.29) is 0 Å². The molecular weight excluding hydrogens is 182 g/mol. The van der Waals surface area contributed by atoms with E-state index in [0.717, 1.165) is 28.4 Å². The van der Waals surface area contributed by atoms with E-state index in [1.807, 2.05) is 25.1 Å². The third-order valence-corrected chi connectivity index (χ3v) is 2.17. The minimum atomic E-state index is 0.814. The molecule has 0 amide bonds. The van der Waals surface area contributed by atoms with Gasteiger partial charge >= 0.3 is 0 Å². The summed E-state index contributed by atoms with van der Waals surface area (Å²) in [7, 11) is 0. The fraction of sp³-hybridized carbons (Fsp3) is 0.273. The third-order valence-electron chi connectivity index (χ3n) is 1.82. The van der Waals surface area contributed by atoms with Gasteiger partial charge in [0, 0.05) is 16.4 Å². The summed E-state index contributed by atoms with van der Waals surface area (Å²) in [5.41, 5.74) is 3.13. The van der Waals surface area contributed by atoms with Gasteiger partial charge in [0.25, 0.3) is 0 Å². The molecule has 1 rings (SSSR count). The zero-order valence-electron chi connectivity index (χ0n) is 8.02. The Bertz CT molecular complexity index is 318. The molecule has 0 unspecified atom stereocenters. The summed E-state index contributed by atoms with van der Waals surface area (Å²) in [5.74, 6) is 0. The second-order valence-corrected chi connectivity index (χ2v) is 3.43. The van der Waals surface area contributed by atoms with E-state index in [0.29, 0.717) is 0 Å². The lowest BCUT2D eigenvalue weighted by atomic mass is 10.1. The van der Waals surface area contributed by atoms with Crippen molar-refractivity contribution in [1.29, 1.82) is 0 Å². The maximum atomic E-state index is 6.04. The van der Waals surface area contributed by atoms with Crippen LogP contribution in [-0.2, 0) is 6.42 Å². The molecule has 1 N–H and O–H groups in total. The lowest BCUT2D eigenvalue weighted by Gasteiger charge is -2.11. The minimum absolute atomic E-state index is 0.814. The molecular formula is C11H14ClN. The van der Waals surface area contributed by atoms with Crippen LogP contribution in [0.15, 0.2) is 30.5 Å². The predicted octanol–water partition coefficient (Wildman–Crippen LogP) is 3.85. The Hall–Kier alpha value is -0.950. The lowest BCUT2D eigenvalue weighted by molar-refractivity contribution is 1.14. The van der Waals surface area contributed by atoms with Crippen molar-refractivity contribution in [3.05, 3.63) is 41.1 Å². The third kappa shape index (κ3) is 2.49. The Labute approximate surface area is 84.4 Å². The second kappa shape index (κ2) is 4.33. The maximum Gasteiger partial charge on any atom is 0.0458 e. The van der Waals surface area contributed by atoms with Crippen LogP contribution in [0.1, 0.15) is 19.4 Å². The van der Waals surface area contributed by atoms with Crippen molar-refractivity contribution < 1.29 is 0 Å². The van der Waals surface area contributed by atoms with Gasteiger partial charge < -0.3 is 5.32 Å². The highest BCUT2D eigenvalue weighted by molar-refractivity contribution is 6.31. The fourth-order valence-electron chi connectivity index (χ4n) is 1.26. The normalized spacial score (nSPS) is 9.77. The van der Waals surface area contributed by atoms with Gasteiger partial charge in [-0.15, -0.1) is 0 Å². The molecule has 1 aromatic carbocycles. The molecule has 0 aromatic heterocycles. The van der Waals surface area contributed by atoms with Crippen LogP contribution in [0.2, 0.25) is 5.02 Å². The molecule has 0 aliphatic carbocycles. The topological polar surface area (TPSA) is 12.0 Å². The summed E-state index contributed by atoms with van der Waals surface area (Å²) < 4.78 is 0. The molecule has 1 nitrogen and oxygen atoms in total. The first-order valence-electron chi connectivity index (χ1n) is 4.35. The largest absolute Gasteiger partial charge is 0.359 e. The number of hydrogen-bond donors (Lipinski definition) is 1. The average molecular weight is 196 g/mol. The van der Waals surface area contributed by atoms with Crippen LogP contribution in [0.25, 0.3) is 0 Å². The Morgan fingerprint density at radius 1 is 1.54 bits per heavy atom. The van der Waals surface area contributed by atoms with Gasteiger partial charge in [-0.05, 0) is 31.0 Å². The van der Waals surface area contributed by atoms with E-state index < -0.39 is 0 Å². The van der Waals surface area contributed by atoms with Crippen LogP contribution in [0.4, 0.5) is 5.69 Å². The van der Waals surface area contributed by atoms with Crippen molar-refractivity contribution in [2.45, 2.75) is 20.3 Å². The van der Waals surface area contributed by atoms with E-state index in [1.165, 1.54) is 0 Å². The molecule has 0 saturated carbocycles. The summed E-state index contributed by atoms with van der Waals surface area (Å²) in [6.45, 7) is 7.82. The van der Waals surface area contributed by atoms with Crippen molar-refractivity contribution in [3.63, 3.8) is 0 Å². The Kier molecular flexibility index (Phi) is 3.38. The molecule has 0 heterocycles. The van der Waals surface area contributed by atoms with Crippen molar-refractivity contribution in [3.8, 4) is 0 Å². The van der Waals surface area contributed by atoms with Gasteiger partial charge in [-0.25, -0.2) is 0 Å². The van der Waals surface area contributed by atoms with Gasteiger partial charge in [0.15, 0.2) is 0 Å². The van der Waals surface area contributed by atoms with Gasteiger partial charge in [-0.2, -0.15) is 0 Å². The van der Waals surface area contributed by atoms with Crippen LogP contribution >= 0.6 is 11.6 Å². The Balaban J connectivity index is 3.05. The van der Waals surface area contributed by atoms with Crippen LogP contribution in [0.5, 0.6) is 0 Å². The summed E-state index contributed by atoms with van der Waals surface area (Å²) in [4.78, 5) is 0. The zero-order chi connectivity index (χ0) is 9.84. The molecule has 0 fully saturated rings. The fourth-order valence-corrected chi connectivity index (χ4v) is 1.57. The van der Waals surface area contributed by atoms with E-state index in [4.69, 9.17) is 11.6 Å². The average Bonchev–Trinajstić information content (AvgIpc) is 2.03. The number of rotatable bonds is 3. The summed E-state index contributed by atoms with van der Waals surface area (Å²) in [6, 6.07) is 5.86. The zero-order valence-corrected chi connectivity index (χ0v) is 8.78. The molecule has 2 heteroatoms. The number of nitrogens with one attached hydrogen (secondary N) is 1. The summed E-state index contributed by atoms with van der Waals surface area (Å²) >= 11 is 6.04. The summed E-state index contributed by atoms with van der Waals surface area (Å²) in [5, 5.41) is 4.00. The minimum Gasteiger partial charge on any atom is -0.359 e. The quantitative estimate of drug-likeness (QED) is 0.773. The van der Waals surface area contributed by atoms with Crippen LogP contribution < -0.4 is 5.32 Å². The van der Waals surface area contributed by atoms with Gasteiger partial charge in [0.05, 0.1) is 0 Å². The number of hydrogen-bond acceptors (Lipinski definition) is 1. The van der Waals surface area contributed by atoms with Gasteiger partial charge in [0.1, 0.15) is 0 Å². The molecule has 13 heavy (non-hydrogen) atoms. The number of benzene rings is 1. The Morgan fingerprint density at radius 2 is 2.23 bits per heavy atom. The van der Waals surface area contributed by atoms with Crippen LogP contribution in [-0.4, -0.2) is 0 Å². The summed E-state index contributed by atoms with van der Waals surface area (Å²) in [6.07, 6.45) is 0.926. The molecule has 0 saturated heterocycles. The van der Waals surface area contributed by atoms with Crippen molar-refractivity contribution in [1.82, 2.24) is 0 Å². The number of halogens is 1. The van der Waals surface area contributed by atoms with Crippen molar-refractivity contribution in [2.24, 2.45) is 0 Å². The highest BCUT2D eigenvalue weighted by Crippen LogP contribution is 2.25. The smallest absolute Gasteiger partial charge is 0.0458 e. The molecule has 1 aromatic rings. The highest BCUT2D eigenvalue weighted by atomic mass is 35.5. The van der Waals surface area contributed by atoms with Crippen molar-refractivity contribution >= 4 is 17.3 Å². The van der Waals surface area contributed by atoms with Crippen LogP contribution in [0, 0.1) is 0 Å². The number of anilines is 1. The maximum absolute atomic E-state index is 6.04. The monoisotopic (exact) mass is 195 g/mol. The second-order valence-electron chi connectivity index (χ2n) is 3.02. The van der Waals surface area contributed by atoms with E-state index in [2.05, 4.69) is 18.8 Å². The first-order valence-corrected chi connectivity index (χ1v) is 4.73.